The highest BCUT2D eigenvalue weighted by Gasteiger charge is 2.48. The molecular weight excluding hydrogens is 885 g/mol. The molecule has 6 nitrogen and oxygen atoms in total. The van der Waals surface area contributed by atoms with E-state index in [0.717, 1.165) is 61.0 Å². The zero-order valence-electron chi connectivity index (χ0n) is 35.9. The third-order valence-electron chi connectivity index (χ3n) is 13.7. The molecule has 0 fully saturated rings. The molecule has 0 bridgehead atoms. The molecule has 3 aliphatic rings. The lowest BCUT2D eigenvalue weighted by atomic mass is 9.71. The number of thiophene rings is 4. The van der Waals surface area contributed by atoms with Gasteiger partial charge in [-0.1, -0.05) is 103 Å². The van der Waals surface area contributed by atoms with Crippen molar-refractivity contribution in [3.05, 3.63) is 212 Å². The first-order chi connectivity index (χ1) is 32.4. The Morgan fingerprint density at radius 1 is 0.394 bits per heavy atom. The number of hydrogen-bond acceptors (Lipinski definition) is 10. The molecule has 66 heavy (non-hydrogen) atoms. The molecule has 3 aliphatic carbocycles. The monoisotopic (exact) mass is 922 g/mol. The van der Waals surface area contributed by atoms with Gasteiger partial charge in [0.05, 0.1) is 19.5 Å². The lowest BCUT2D eigenvalue weighted by molar-refractivity contribution is 0.698. The Balaban J connectivity index is 0.994. The summed E-state index contributed by atoms with van der Waals surface area (Å²) in [5.41, 5.74) is 14.2. The number of hydrogen-bond donors (Lipinski definition) is 0. The van der Waals surface area contributed by atoms with Crippen LogP contribution >= 0.6 is 45.3 Å². The van der Waals surface area contributed by atoms with Crippen molar-refractivity contribution < 1.29 is 0 Å². The topological polar surface area (TPSA) is 77.3 Å². The first kappa shape index (κ1) is 39.5. The molecule has 4 aromatic carbocycles. The number of benzene rings is 4. The van der Waals surface area contributed by atoms with Crippen LogP contribution in [0.3, 0.4) is 0 Å². The van der Waals surface area contributed by atoms with Crippen molar-refractivity contribution in [3.63, 3.8) is 0 Å². The van der Waals surface area contributed by atoms with Gasteiger partial charge in [0.25, 0.3) is 0 Å². The molecule has 2 unspecified atom stereocenters. The quantitative estimate of drug-likeness (QED) is 0.151. The molecular formula is C56H38N6S4. The van der Waals surface area contributed by atoms with Crippen molar-refractivity contribution in [2.75, 3.05) is 0 Å². The third kappa shape index (κ3) is 6.16. The minimum absolute atomic E-state index is 0.431. The number of fused-ring (bicyclic) bond motifs is 5. The van der Waals surface area contributed by atoms with E-state index in [-0.39, 0.29) is 0 Å². The van der Waals surface area contributed by atoms with Crippen LogP contribution in [0.5, 0.6) is 0 Å². The molecule has 0 spiro atoms. The van der Waals surface area contributed by atoms with Gasteiger partial charge in [-0.2, -0.15) is 0 Å². The van der Waals surface area contributed by atoms with E-state index in [0.29, 0.717) is 17.5 Å². The second kappa shape index (κ2) is 15.4. The van der Waals surface area contributed by atoms with Gasteiger partial charge in [-0.25, -0.2) is 29.9 Å². The van der Waals surface area contributed by atoms with Gasteiger partial charge in [0.15, 0.2) is 34.9 Å². The van der Waals surface area contributed by atoms with E-state index < -0.39 is 10.8 Å². The summed E-state index contributed by atoms with van der Waals surface area (Å²) in [6, 6.07) is 50.5. The van der Waals surface area contributed by atoms with E-state index >= 15 is 0 Å². The predicted octanol–water partition coefficient (Wildman–Crippen LogP) is 14.9. The standard InChI is InChI=1S/C56H38N6S4/c1-55(35-13-5-3-6-14-35)41-29-33(49-57-51(45-17-9-25-63-45)61-52(58-49)46-18-10-26-64-46)21-23-37(41)39-32-44-40(31-43(39)55)38-24-22-34(30-42(38)56(44,2)36-15-7-4-8-16-36)50-59-53(47-19-11-27-65-47)62-54(60-50)48-20-12-28-66-48/h3-21,23,25-32H,22,24H2,1-2H3. The summed E-state index contributed by atoms with van der Waals surface area (Å²) in [6.45, 7) is 4.82. The highest BCUT2D eigenvalue weighted by molar-refractivity contribution is 7.14. The first-order valence-electron chi connectivity index (χ1n) is 22.0. The van der Waals surface area contributed by atoms with E-state index in [1.807, 2.05) is 12.1 Å². The predicted molar refractivity (Wildman–Crippen MR) is 273 cm³/mol. The van der Waals surface area contributed by atoms with Crippen molar-refractivity contribution >= 4 is 56.5 Å². The van der Waals surface area contributed by atoms with E-state index in [9.17, 15) is 0 Å². The van der Waals surface area contributed by atoms with Gasteiger partial charge >= 0.3 is 0 Å². The molecule has 6 aromatic heterocycles. The molecule has 2 atom stereocenters. The number of allylic oxidation sites excluding steroid dienone is 4. The molecule has 316 valence electrons. The summed E-state index contributed by atoms with van der Waals surface area (Å²) in [5.74, 6) is 4.26. The molecule has 10 heteroatoms. The Labute approximate surface area is 398 Å². The van der Waals surface area contributed by atoms with Gasteiger partial charge in [0, 0.05) is 16.4 Å². The SMILES string of the molecule is CC1(c2ccccc2)C2=C(CCC(c3nc(-c4cccs4)nc(-c4cccs4)n3)=C2)c2cc3c(cc21)-c1ccc(-c2nc(-c4cccs4)nc(-c4cccs4)n2)cc1C3(C)c1ccccc1. The van der Waals surface area contributed by atoms with Gasteiger partial charge in [0.2, 0.25) is 0 Å². The lowest BCUT2D eigenvalue weighted by Crippen LogP contribution is -2.25. The van der Waals surface area contributed by atoms with Crippen molar-refractivity contribution in [3.8, 4) is 65.3 Å². The van der Waals surface area contributed by atoms with Gasteiger partial charge in [0.1, 0.15) is 0 Å². The number of rotatable bonds is 8. The normalized spacial score (nSPS) is 18.2. The Hall–Kier alpha value is -6.82. The van der Waals surface area contributed by atoms with Crippen LogP contribution in [0.4, 0.5) is 0 Å². The summed E-state index contributed by atoms with van der Waals surface area (Å²) in [6.07, 6.45) is 4.12. The molecule has 0 saturated heterocycles. The van der Waals surface area contributed by atoms with Crippen molar-refractivity contribution in [2.24, 2.45) is 0 Å². The van der Waals surface area contributed by atoms with Gasteiger partial charge in [-0.3, -0.25) is 0 Å². The average Bonchev–Trinajstić information content (AvgIpc) is 4.25. The summed E-state index contributed by atoms with van der Waals surface area (Å²) >= 11 is 6.61. The van der Waals surface area contributed by atoms with Crippen LogP contribution in [0.2, 0.25) is 0 Å². The maximum Gasteiger partial charge on any atom is 0.174 e. The molecule has 0 aliphatic heterocycles. The summed E-state index contributed by atoms with van der Waals surface area (Å²) in [5, 5.41) is 8.31. The second-order valence-electron chi connectivity index (χ2n) is 17.3. The molecule has 0 N–H and O–H groups in total. The van der Waals surface area contributed by atoms with Crippen molar-refractivity contribution in [1.82, 2.24) is 29.9 Å². The van der Waals surface area contributed by atoms with Crippen LogP contribution in [0.25, 0.3) is 76.5 Å². The zero-order valence-corrected chi connectivity index (χ0v) is 39.2. The van der Waals surface area contributed by atoms with Crippen LogP contribution < -0.4 is 0 Å². The minimum atomic E-state index is -0.458. The van der Waals surface area contributed by atoms with Crippen LogP contribution in [0.15, 0.2) is 173 Å². The lowest BCUT2D eigenvalue weighted by Gasteiger charge is -2.32. The van der Waals surface area contributed by atoms with Crippen molar-refractivity contribution in [2.45, 2.75) is 37.5 Å². The summed E-state index contributed by atoms with van der Waals surface area (Å²) in [7, 11) is 0. The van der Waals surface area contributed by atoms with E-state index in [1.165, 1.54) is 55.7 Å². The fourth-order valence-corrected chi connectivity index (χ4v) is 13.0. The minimum Gasteiger partial charge on any atom is -0.208 e. The molecule has 13 rings (SSSR count). The Kier molecular flexibility index (Phi) is 9.22. The average molecular weight is 923 g/mol. The largest absolute Gasteiger partial charge is 0.208 e. The molecule has 0 amide bonds. The maximum absolute atomic E-state index is 5.18. The highest BCUT2D eigenvalue weighted by atomic mass is 32.1. The molecule has 10 aromatic rings. The van der Waals surface area contributed by atoms with Gasteiger partial charge in [-0.15, -0.1) is 45.3 Å². The molecule has 0 saturated carbocycles. The highest BCUT2D eigenvalue weighted by Crippen LogP contribution is 2.60. The smallest absolute Gasteiger partial charge is 0.174 e. The molecule has 6 heterocycles. The Bertz CT molecular complexity index is 3440. The van der Waals surface area contributed by atoms with E-state index in [2.05, 4.69) is 169 Å². The maximum atomic E-state index is 5.18. The van der Waals surface area contributed by atoms with E-state index in [4.69, 9.17) is 29.9 Å². The first-order valence-corrected chi connectivity index (χ1v) is 25.5. The zero-order chi connectivity index (χ0) is 44.0. The second-order valence-corrected chi connectivity index (χ2v) is 21.1. The Morgan fingerprint density at radius 3 is 1.36 bits per heavy atom. The third-order valence-corrected chi connectivity index (χ3v) is 17.2. The fourth-order valence-electron chi connectivity index (χ4n) is 10.4. The number of nitrogens with zero attached hydrogens (tertiary/aromatic N) is 6. The fraction of sp³-hybridized carbons (Fsp3) is 0.107. The summed E-state index contributed by atoms with van der Waals surface area (Å²) in [4.78, 5) is 34.7. The summed E-state index contributed by atoms with van der Waals surface area (Å²) < 4.78 is 0. The van der Waals surface area contributed by atoms with Crippen LogP contribution in [0.1, 0.15) is 65.9 Å². The van der Waals surface area contributed by atoms with Gasteiger partial charge in [-0.05, 0) is 152 Å². The Morgan fingerprint density at radius 2 is 0.848 bits per heavy atom. The van der Waals surface area contributed by atoms with Crippen LogP contribution in [0, 0.1) is 0 Å². The number of aromatic nitrogens is 6. The van der Waals surface area contributed by atoms with Crippen LogP contribution in [-0.4, -0.2) is 29.9 Å². The van der Waals surface area contributed by atoms with Gasteiger partial charge < -0.3 is 0 Å². The molecule has 0 radical (unpaired) electrons. The van der Waals surface area contributed by atoms with Crippen molar-refractivity contribution in [1.29, 1.82) is 0 Å². The van der Waals surface area contributed by atoms with Crippen LogP contribution in [-0.2, 0) is 10.8 Å². The van der Waals surface area contributed by atoms with E-state index in [1.54, 1.807) is 45.3 Å².